The van der Waals surface area contributed by atoms with Crippen molar-refractivity contribution < 1.29 is 5.11 Å². The molecule has 0 spiro atoms. The minimum Gasteiger partial charge on any atom is -0.390 e. The quantitative estimate of drug-likeness (QED) is 0.771. The van der Waals surface area contributed by atoms with E-state index >= 15 is 0 Å². The number of hydrogen-bond donors (Lipinski definition) is 1. The van der Waals surface area contributed by atoms with E-state index in [1.807, 2.05) is 22.9 Å². The number of aromatic nitrogens is 4. The van der Waals surface area contributed by atoms with Crippen molar-refractivity contribution in [2.24, 2.45) is 0 Å². The van der Waals surface area contributed by atoms with Gasteiger partial charge in [-0.15, -0.1) is 5.10 Å². The molecule has 2 aromatic heterocycles. The molecule has 20 heavy (non-hydrogen) atoms. The molecular formula is C13H13N5OS. The van der Waals surface area contributed by atoms with E-state index in [0.29, 0.717) is 12.2 Å². The van der Waals surface area contributed by atoms with Gasteiger partial charge in [0.15, 0.2) is 5.13 Å². The van der Waals surface area contributed by atoms with E-state index in [1.165, 1.54) is 4.70 Å². The number of thiazole rings is 1. The predicted molar refractivity (Wildman–Crippen MR) is 76.6 cm³/mol. The van der Waals surface area contributed by atoms with Gasteiger partial charge in [-0.1, -0.05) is 28.7 Å². The van der Waals surface area contributed by atoms with E-state index in [4.69, 9.17) is 0 Å². The predicted octanol–water partition coefficient (Wildman–Crippen LogP) is 1.40. The van der Waals surface area contributed by atoms with Gasteiger partial charge in [0.25, 0.3) is 0 Å². The second-order valence-electron chi connectivity index (χ2n) is 4.75. The van der Waals surface area contributed by atoms with Crippen LogP contribution in [-0.2, 0) is 19.7 Å². The molecule has 0 saturated carbocycles. The minimum atomic E-state index is -0.0665. The molecule has 0 fully saturated rings. The van der Waals surface area contributed by atoms with Gasteiger partial charge in [-0.2, -0.15) is 0 Å². The van der Waals surface area contributed by atoms with Crippen molar-refractivity contribution in [2.45, 2.75) is 19.7 Å². The summed E-state index contributed by atoms with van der Waals surface area (Å²) in [4.78, 5) is 6.91. The SMILES string of the molecule is OCc1nnn2c1CN(c1nc3ccccc3s1)CC2. The van der Waals surface area contributed by atoms with Crippen LogP contribution in [0.15, 0.2) is 24.3 Å². The highest BCUT2D eigenvalue weighted by Gasteiger charge is 2.23. The number of benzene rings is 1. The molecule has 0 radical (unpaired) electrons. The van der Waals surface area contributed by atoms with Crippen LogP contribution < -0.4 is 4.90 Å². The van der Waals surface area contributed by atoms with Crippen LogP contribution in [0.4, 0.5) is 5.13 Å². The molecule has 6 nitrogen and oxygen atoms in total. The number of fused-ring (bicyclic) bond motifs is 2. The summed E-state index contributed by atoms with van der Waals surface area (Å²) < 4.78 is 3.07. The van der Waals surface area contributed by atoms with Gasteiger partial charge in [0.05, 0.1) is 35.6 Å². The highest BCUT2D eigenvalue weighted by Crippen LogP contribution is 2.30. The third-order valence-corrected chi connectivity index (χ3v) is 4.64. The average Bonchev–Trinajstić information content (AvgIpc) is 3.10. The Morgan fingerprint density at radius 2 is 2.15 bits per heavy atom. The summed E-state index contributed by atoms with van der Waals surface area (Å²) in [6, 6.07) is 8.16. The summed E-state index contributed by atoms with van der Waals surface area (Å²) in [5, 5.41) is 18.4. The summed E-state index contributed by atoms with van der Waals surface area (Å²) in [6.45, 7) is 2.27. The Kier molecular flexibility index (Phi) is 2.68. The molecule has 1 aliphatic rings. The third kappa shape index (κ3) is 1.78. The molecule has 0 unspecified atom stereocenters. The summed E-state index contributed by atoms with van der Waals surface area (Å²) in [7, 11) is 0. The molecule has 0 aliphatic carbocycles. The fourth-order valence-electron chi connectivity index (χ4n) is 2.48. The van der Waals surface area contributed by atoms with Gasteiger partial charge in [0.2, 0.25) is 0 Å². The number of aliphatic hydroxyl groups is 1. The van der Waals surface area contributed by atoms with Gasteiger partial charge < -0.3 is 10.0 Å². The second-order valence-corrected chi connectivity index (χ2v) is 5.76. The third-order valence-electron chi connectivity index (χ3n) is 3.54. The number of rotatable bonds is 2. The lowest BCUT2D eigenvalue weighted by molar-refractivity contribution is 0.275. The highest BCUT2D eigenvalue weighted by atomic mass is 32.1. The fourth-order valence-corrected chi connectivity index (χ4v) is 3.47. The van der Waals surface area contributed by atoms with E-state index in [-0.39, 0.29) is 6.61 Å². The van der Waals surface area contributed by atoms with Crippen molar-refractivity contribution >= 4 is 26.7 Å². The van der Waals surface area contributed by atoms with Gasteiger partial charge in [0, 0.05) is 6.54 Å². The molecule has 0 amide bonds. The van der Waals surface area contributed by atoms with Crippen LogP contribution in [0, 0.1) is 0 Å². The summed E-state index contributed by atoms with van der Waals surface area (Å²) in [5.41, 5.74) is 2.68. The zero-order valence-corrected chi connectivity index (χ0v) is 11.5. The Bertz CT molecular complexity index is 719. The summed E-state index contributed by atoms with van der Waals surface area (Å²) in [5.74, 6) is 0. The Hall–Kier alpha value is -1.99. The first-order valence-corrected chi connectivity index (χ1v) is 7.29. The summed E-state index contributed by atoms with van der Waals surface area (Å²) >= 11 is 1.70. The molecule has 102 valence electrons. The van der Waals surface area contributed by atoms with Gasteiger partial charge in [-0.3, -0.25) is 0 Å². The lowest BCUT2D eigenvalue weighted by Gasteiger charge is -2.27. The van der Waals surface area contributed by atoms with Crippen LogP contribution in [0.25, 0.3) is 10.2 Å². The average molecular weight is 287 g/mol. The Balaban J connectivity index is 1.70. The zero-order chi connectivity index (χ0) is 13.5. The van der Waals surface area contributed by atoms with Gasteiger partial charge >= 0.3 is 0 Å². The van der Waals surface area contributed by atoms with E-state index < -0.39 is 0 Å². The van der Waals surface area contributed by atoms with Gasteiger partial charge in [-0.05, 0) is 12.1 Å². The van der Waals surface area contributed by atoms with Crippen LogP contribution in [0.5, 0.6) is 0 Å². The van der Waals surface area contributed by atoms with Crippen molar-refractivity contribution in [2.75, 3.05) is 11.4 Å². The number of hydrogen-bond acceptors (Lipinski definition) is 6. The maximum absolute atomic E-state index is 9.31. The number of nitrogens with zero attached hydrogens (tertiary/aromatic N) is 5. The standard InChI is InChI=1S/C13H13N5OS/c19-8-10-11-7-17(5-6-18(11)16-15-10)13-14-9-3-1-2-4-12(9)20-13/h1-4,19H,5-8H2. The van der Waals surface area contributed by atoms with Crippen LogP contribution in [0.2, 0.25) is 0 Å². The van der Waals surface area contributed by atoms with Crippen molar-refractivity contribution in [3.8, 4) is 0 Å². The number of anilines is 1. The maximum atomic E-state index is 9.31. The molecule has 7 heteroatoms. The lowest BCUT2D eigenvalue weighted by Crippen LogP contribution is -2.34. The molecule has 0 atom stereocenters. The van der Waals surface area contributed by atoms with Crippen molar-refractivity contribution in [1.82, 2.24) is 20.0 Å². The Morgan fingerprint density at radius 1 is 1.25 bits per heavy atom. The summed E-state index contributed by atoms with van der Waals surface area (Å²) in [6.07, 6.45) is 0. The first kappa shape index (κ1) is 11.8. The fraction of sp³-hybridized carbons (Fsp3) is 0.308. The van der Waals surface area contributed by atoms with Gasteiger partial charge in [0.1, 0.15) is 5.69 Å². The molecule has 1 aliphatic heterocycles. The molecule has 3 heterocycles. The van der Waals surface area contributed by atoms with Crippen molar-refractivity contribution in [3.05, 3.63) is 35.7 Å². The van der Waals surface area contributed by atoms with Crippen molar-refractivity contribution in [3.63, 3.8) is 0 Å². The minimum absolute atomic E-state index is 0.0665. The molecule has 3 aromatic rings. The smallest absolute Gasteiger partial charge is 0.186 e. The normalized spacial score (nSPS) is 14.8. The molecule has 1 N–H and O–H groups in total. The van der Waals surface area contributed by atoms with E-state index in [9.17, 15) is 5.11 Å². The van der Waals surface area contributed by atoms with Crippen LogP contribution in [0.3, 0.4) is 0 Å². The Labute approximate surface area is 119 Å². The topological polar surface area (TPSA) is 67.1 Å². The molecular weight excluding hydrogens is 274 g/mol. The molecule has 1 aromatic carbocycles. The largest absolute Gasteiger partial charge is 0.390 e. The first-order valence-electron chi connectivity index (χ1n) is 6.48. The molecule has 0 bridgehead atoms. The van der Waals surface area contributed by atoms with Gasteiger partial charge in [-0.25, -0.2) is 9.67 Å². The van der Waals surface area contributed by atoms with Crippen LogP contribution >= 0.6 is 11.3 Å². The van der Waals surface area contributed by atoms with E-state index in [1.54, 1.807) is 11.3 Å². The molecule has 0 saturated heterocycles. The Morgan fingerprint density at radius 3 is 3.00 bits per heavy atom. The van der Waals surface area contributed by atoms with Crippen molar-refractivity contribution in [1.29, 1.82) is 0 Å². The highest BCUT2D eigenvalue weighted by molar-refractivity contribution is 7.22. The van der Waals surface area contributed by atoms with E-state index in [0.717, 1.165) is 29.4 Å². The monoisotopic (exact) mass is 287 g/mol. The van der Waals surface area contributed by atoms with Crippen LogP contribution in [0.1, 0.15) is 11.4 Å². The number of aliphatic hydroxyl groups excluding tert-OH is 1. The lowest BCUT2D eigenvalue weighted by atomic mass is 10.2. The maximum Gasteiger partial charge on any atom is 0.186 e. The zero-order valence-electron chi connectivity index (χ0n) is 10.7. The second kappa shape index (κ2) is 4.53. The first-order chi connectivity index (χ1) is 9.85. The van der Waals surface area contributed by atoms with E-state index in [2.05, 4.69) is 26.3 Å². The number of para-hydroxylation sites is 1. The molecule has 4 rings (SSSR count). The van der Waals surface area contributed by atoms with Crippen LogP contribution in [-0.4, -0.2) is 31.6 Å².